The van der Waals surface area contributed by atoms with E-state index < -0.39 is 11.7 Å². The SMILES string of the molecule is CN=C(NCCc1ccc(NC(C)=O)cc1)N(C)Cc1ccc(C(F)(F)F)cc1. The number of rotatable bonds is 6. The van der Waals surface area contributed by atoms with Gasteiger partial charge in [0.25, 0.3) is 0 Å². The first-order valence-corrected chi connectivity index (χ1v) is 9.13. The molecule has 1 amide bonds. The monoisotopic (exact) mass is 406 g/mol. The minimum atomic E-state index is -4.33. The van der Waals surface area contributed by atoms with E-state index in [2.05, 4.69) is 15.6 Å². The van der Waals surface area contributed by atoms with Gasteiger partial charge in [0, 0.05) is 39.8 Å². The van der Waals surface area contributed by atoms with E-state index in [-0.39, 0.29) is 5.91 Å². The Morgan fingerprint density at radius 2 is 1.62 bits per heavy atom. The summed E-state index contributed by atoms with van der Waals surface area (Å²) in [5.74, 6) is 0.541. The average molecular weight is 406 g/mol. The fourth-order valence-corrected chi connectivity index (χ4v) is 2.81. The first-order chi connectivity index (χ1) is 13.7. The number of hydrogen-bond donors (Lipinski definition) is 2. The van der Waals surface area contributed by atoms with Crippen molar-refractivity contribution in [3.8, 4) is 0 Å². The highest BCUT2D eigenvalue weighted by Crippen LogP contribution is 2.29. The van der Waals surface area contributed by atoms with E-state index in [1.807, 2.05) is 36.2 Å². The van der Waals surface area contributed by atoms with Gasteiger partial charge in [-0.25, -0.2) is 0 Å². The van der Waals surface area contributed by atoms with Gasteiger partial charge in [-0.1, -0.05) is 24.3 Å². The minimum absolute atomic E-state index is 0.112. The molecule has 29 heavy (non-hydrogen) atoms. The van der Waals surface area contributed by atoms with Crippen LogP contribution in [-0.4, -0.2) is 37.4 Å². The third-order valence-corrected chi connectivity index (χ3v) is 4.25. The van der Waals surface area contributed by atoms with Gasteiger partial charge in [0.05, 0.1) is 5.56 Å². The molecular formula is C21H25F3N4O. The fraction of sp³-hybridized carbons (Fsp3) is 0.333. The predicted molar refractivity (Wildman–Crippen MR) is 109 cm³/mol. The van der Waals surface area contributed by atoms with Crippen molar-refractivity contribution in [2.45, 2.75) is 26.1 Å². The van der Waals surface area contributed by atoms with Crippen LogP contribution >= 0.6 is 0 Å². The van der Waals surface area contributed by atoms with Crippen LogP contribution in [0.4, 0.5) is 18.9 Å². The van der Waals surface area contributed by atoms with Crippen molar-refractivity contribution < 1.29 is 18.0 Å². The molecule has 2 rings (SSSR count). The minimum Gasteiger partial charge on any atom is -0.356 e. The number of carbonyl (C=O) groups excluding carboxylic acids is 1. The molecule has 0 aliphatic heterocycles. The van der Waals surface area contributed by atoms with Crippen molar-refractivity contribution in [3.05, 3.63) is 65.2 Å². The second-order valence-corrected chi connectivity index (χ2v) is 6.65. The summed E-state index contributed by atoms with van der Waals surface area (Å²) in [6, 6.07) is 12.7. The Morgan fingerprint density at radius 1 is 1.03 bits per heavy atom. The maximum atomic E-state index is 12.7. The van der Waals surface area contributed by atoms with E-state index in [1.54, 1.807) is 7.05 Å². The molecule has 0 heterocycles. The van der Waals surface area contributed by atoms with Crippen molar-refractivity contribution in [1.82, 2.24) is 10.2 Å². The predicted octanol–water partition coefficient (Wildman–Crippen LogP) is 3.91. The number of nitrogens with one attached hydrogen (secondary N) is 2. The Hall–Kier alpha value is -3.03. The van der Waals surface area contributed by atoms with Crippen molar-refractivity contribution >= 4 is 17.6 Å². The number of nitrogens with zero attached hydrogens (tertiary/aromatic N) is 2. The standard InChI is InChI=1S/C21H25F3N4O/c1-15(29)27-19-10-6-16(7-11-19)12-13-26-20(25-2)28(3)14-17-4-8-18(9-5-17)21(22,23)24/h4-11H,12-14H2,1-3H3,(H,25,26)(H,27,29). The lowest BCUT2D eigenvalue weighted by molar-refractivity contribution is -0.137. The van der Waals surface area contributed by atoms with E-state index in [4.69, 9.17) is 0 Å². The van der Waals surface area contributed by atoms with Crippen molar-refractivity contribution in [2.75, 3.05) is 26.0 Å². The van der Waals surface area contributed by atoms with Gasteiger partial charge in [-0.3, -0.25) is 9.79 Å². The van der Waals surface area contributed by atoms with E-state index in [1.165, 1.54) is 19.1 Å². The smallest absolute Gasteiger partial charge is 0.356 e. The number of guanidine groups is 1. The van der Waals surface area contributed by atoms with Gasteiger partial charge in [0.15, 0.2) is 5.96 Å². The quantitative estimate of drug-likeness (QED) is 0.565. The molecule has 0 saturated heterocycles. The van der Waals surface area contributed by atoms with Crippen LogP contribution in [-0.2, 0) is 23.9 Å². The van der Waals surface area contributed by atoms with Crippen LogP contribution in [0.15, 0.2) is 53.5 Å². The van der Waals surface area contributed by atoms with Gasteiger partial charge in [-0.05, 0) is 41.8 Å². The Labute approximate surface area is 168 Å². The highest BCUT2D eigenvalue weighted by atomic mass is 19.4. The van der Waals surface area contributed by atoms with Crippen LogP contribution in [0.5, 0.6) is 0 Å². The molecule has 0 saturated carbocycles. The fourth-order valence-electron chi connectivity index (χ4n) is 2.81. The molecule has 8 heteroatoms. The lowest BCUT2D eigenvalue weighted by Crippen LogP contribution is -2.39. The topological polar surface area (TPSA) is 56.7 Å². The maximum Gasteiger partial charge on any atom is 0.416 e. The molecule has 2 aromatic carbocycles. The van der Waals surface area contributed by atoms with Gasteiger partial charge >= 0.3 is 6.18 Å². The zero-order valence-corrected chi connectivity index (χ0v) is 16.7. The van der Waals surface area contributed by atoms with E-state index in [9.17, 15) is 18.0 Å². The summed E-state index contributed by atoms with van der Waals surface area (Å²) in [7, 11) is 3.49. The number of amides is 1. The summed E-state index contributed by atoms with van der Waals surface area (Å²) in [5.41, 5.74) is 1.96. The molecule has 2 aromatic rings. The third kappa shape index (κ3) is 7.14. The molecule has 0 spiro atoms. The van der Waals surface area contributed by atoms with Crippen molar-refractivity contribution in [1.29, 1.82) is 0 Å². The maximum absolute atomic E-state index is 12.7. The van der Waals surface area contributed by atoms with Gasteiger partial charge in [-0.15, -0.1) is 0 Å². The number of aliphatic imine (C=N–C) groups is 1. The van der Waals surface area contributed by atoms with E-state index in [0.29, 0.717) is 19.0 Å². The number of benzene rings is 2. The summed E-state index contributed by atoms with van der Waals surface area (Å²) in [5, 5.41) is 5.97. The third-order valence-electron chi connectivity index (χ3n) is 4.25. The average Bonchev–Trinajstić information content (AvgIpc) is 2.65. The summed E-state index contributed by atoms with van der Waals surface area (Å²) in [6.07, 6.45) is -3.57. The second-order valence-electron chi connectivity index (χ2n) is 6.65. The van der Waals surface area contributed by atoms with Crippen LogP contribution in [0.1, 0.15) is 23.6 Å². The molecule has 0 aliphatic carbocycles. The summed E-state index contributed by atoms with van der Waals surface area (Å²) in [4.78, 5) is 17.1. The van der Waals surface area contributed by atoms with Crippen LogP contribution in [0.25, 0.3) is 0 Å². The van der Waals surface area contributed by atoms with Gasteiger partial charge in [0.1, 0.15) is 0 Å². The molecule has 0 radical (unpaired) electrons. The summed E-state index contributed by atoms with van der Waals surface area (Å²) >= 11 is 0. The second kappa shape index (κ2) is 9.95. The van der Waals surface area contributed by atoms with E-state index in [0.717, 1.165) is 35.4 Å². The number of halogens is 3. The zero-order chi connectivity index (χ0) is 21.4. The normalized spacial score (nSPS) is 11.9. The molecule has 0 atom stereocenters. The first-order valence-electron chi connectivity index (χ1n) is 9.13. The molecule has 0 unspecified atom stereocenters. The summed E-state index contributed by atoms with van der Waals surface area (Å²) < 4.78 is 38.0. The highest BCUT2D eigenvalue weighted by molar-refractivity contribution is 5.88. The van der Waals surface area contributed by atoms with Gasteiger partial charge in [0.2, 0.25) is 5.91 Å². The number of alkyl halides is 3. The Kier molecular flexibility index (Phi) is 7.64. The number of anilines is 1. The molecule has 156 valence electrons. The van der Waals surface area contributed by atoms with Crippen LogP contribution in [0.3, 0.4) is 0 Å². The zero-order valence-electron chi connectivity index (χ0n) is 16.7. The first kappa shape index (κ1) is 22.3. The van der Waals surface area contributed by atoms with Crippen LogP contribution in [0, 0.1) is 0 Å². The number of carbonyl (C=O) groups is 1. The van der Waals surface area contributed by atoms with Gasteiger partial charge < -0.3 is 15.5 Å². The van der Waals surface area contributed by atoms with Gasteiger partial charge in [-0.2, -0.15) is 13.2 Å². The molecule has 0 bridgehead atoms. The Morgan fingerprint density at radius 3 is 2.14 bits per heavy atom. The van der Waals surface area contributed by atoms with Crippen molar-refractivity contribution in [3.63, 3.8) is 0 Å². The van der Waals surface area contributed by atoms with E-state index >= 15 is 0 Å². The molecule has 0 aliphatic rings. The van der Waals surface area contributed by atoms with Crippen LogP contribution in [0.2, 0.25) is 0 Å². The van der Waals surface area contributed by atoms with Crippen molar-refractivity contribution in [2.24, 2.45) is 4.99 Å². The number of hydrogen-bond acceptors (Lipinski definition) is 2. The molecule has 2 N–H and O–H groups in total. The lowest BCUT2D eigenvalue weighted by atomic mass is 10.1. The molecule has 5 nitrogen and oxygen atoms in total. The highest BCUT2D eigenvalue weighted by Gasteiger charge is 2.29. The molecule has 0 fully saturated rings. The molecule has 0 aromatic heterocycles. The summed E-state index contributed by atoms with van der Waals surface area (Å²) in [6.45, 7) is 2.54. The largest absolute Gasteiger partial charge is 0.416 e. The Bertz CT molecular complexity index is 830. The molecular weight excluding hydrogens is 381 g/mol. The lowest BCUT2D eigenvalue weighted by Gasteiger charge is -2.22. The van der Waals surface area contributed by atoms with Crippen LogP contribution < -0.4 is 10.6 Å². The Balaban J connectivity index is 1.85.